The molecule has 4 saturated carbocycles. The van der Waals surface area contributed by atoms with Crippen LogP contribution in [0.25, 0.3) is 0 Å². The zero-order chi connectivity index (χ0) is 28.3. The molecule has 0 aromatic rings. The zero-order valence-electron chi connectivity index (χ0n) is 24.9. The molecular formula is C32H52O6. The zero-order valence-corrected chi connectivity index (χ0v) is 24.9. The van der Waals surface area contributed by atoms with Crippen LogP contribution < -0.4 is 0 Å². The standard InChI is InChI=1S/C32H52O6/c1-18(34)38-26-25(37)31(8)19(20-15-27(2,3)16-24(36)32(20,26)17-33)9-10-22-29(6)13-12-23(35)28(4,5)21(29)11-14-30(22,31)7/h9,20-26,33,35-37H,10-17H2,1-8H3/t20-,21-,22+,23-,24-,25-,26+,29-,30+,31-,32+/m0/s1. The number of hydrogen-bond acceptors (Lipinski definition) is 6. The van der Waals surface area contributed by atoms with Crippen molar-refractivity contribution in [3.05, 3.63) is 11.6 Å². The summed E-state index contributed by atoms with van der Waals surface area (Å²) in [5.41, 5.74) is -1.26. The Kier molecular flexibility index (Phi) is 6.42. The summed E-state index contributed by atoms with van der Waals surface area (Å²) in [4.78, 5) is 12.5. The molecule has 0 aromatic carbocycles. The van der Waals surface area contributed by atoms with Gasteiger partial charge in [-0.1, -0.05) is 60.1 Å². The molecule has 0 aliphatic heterocycles. The van der Waals surface area contributed by atoms with Crippen LogP contribution in [0.1, 0.15) is 100 Å². The van der Waals surface area contributed by atoms with Crippen LogP contribution >= 0.6 is 0 Å². The molecule has 0 bridgehead atoms. The number of aliphatic hydroxyl groups is 4. The molecule has 0 amide bonds. The predicted octanol–water partition coefficient (Wildman–Crippen LogP) is 4.62. The number of aliphatic hydroxyl groups excluding tert-OH is 4. The first-order valence-corrected chi connectivity index (χ1v) is 15.0. The SMILES string of the molecule is CC(=O)O[C@@H]1[C@H](O)[C@]2(C)C(=CC[C@@H]3[C@@]4(C)CC[C@H](O)C(C)(C)[C@@H]4CC[C@]32C)[C@@H]2CC(C)(C)C[C@H](O)[C@]12CO. The third-order valence-corrected chi connectivity index (χ3v) is 13.5. The van der Waals surface area contributed by atoms with E-state index in [1.54, 1.807) is 0 Å². The van der Waals surface area contributed by atoms with E-state index in [0.717, 1.165) is 44.1 Å². The second-order valence-electron chi connectivity index (χ2n) is 15.9. The normalized spacial score (nSPS) is 52.9. The third-order valence-electron chi connectivity index (χ3n) is 13.5. The lowest BCUT2D eigenvalue weighted by molar-refractivity contribution is -0.276. The van der Waals surface area contributed by atoms with Crippen molar-refractivity contribution < 1.29 is 30.0 Å². The first-order chi connectivity index (χ1) is 17.4. The van der Waals surface area contributed by atoms with Crippen molar-refractivity contribution in [3.8, 4) is 0 Å². The van der Waals surface area contributed by atoms with Crippen LogP contribution in [0.15, 0.2) is 11.6 Å². The number of carbonyl (C=O) groups is 1. The van der Waals surface area contributed by atoms with E-state index in [0.29, 0.717) is 18.3 Å². The van der Waals surface area contributed by atoms with Gasteiger partial charge in [0.2, 0.25) is 0 Å². The van der Waals surface area contributed by atoms with Crippen LogP contribution in [0.5, 0.6) is 0 Å². The van der Waals surface area contributed by atoms with E-state index in [1.807, 2.05) is 0 Å². The lowest BCUT2D eigenvalue weighted by Gasteiger charge is -2.73. The van der Waals surface area contributed by atoms with Crippen LogP contribution in [-0.2, 0) is 9.53 Å². The molecule has 0 radical (unpaired) electrons. The predicted molar refractivity (Wildman–Crippen MR) is 146 cm³/mol. The van der Waals surface area contributed by atoms with Crippen molar-refractivity contribution >= 4 is 5.97 Å². The van der Waals surface area contributed by atoms with Gasteiger partial charge in [-0.15, -0.1) is 0 Å². The minimum absolute atomic E-state index is 0.00822. The Hall–Kier alpha value is -0.950. The van der Waals surface area contributed by atoms with E-state index in [-0.39, 0.29) is 40.3 Å². The summed E-state index contributed by atoms with van der Waals surface area (Å²) >= 11 is 0. The average Bonchev–Trinajstić information content (AvgIpc) is 2.80. The highest BCUT2D eigenvalue weighted by Gasteiger charge is 2.74. The van der Waals surface area contributed by atoms with Crippen molar-refractivity contribution in [1.29, 1.82) is 0 Å². The van der Waals surface area contributed by atoms with Crippen molar-refractivity contribution in [3.63, 3.8) is 0 Å². The molecule has 11 atom stereocenters. The maximum absolute atomic E-state index is 12.5. The van der Waals surface area contributed by atoms with Gasteiger partial charge in [-0.25, -0.2) is 0 Å². The van der Waals surface area contributed by atoms with Crippen LogP contribution in [0.4, 0.5) is 0 Å². The second kappa shape index (κ2) is 8.53. The average molecular weight is 533 g/mol. The molecule has 6 heteroatoms. The molecule has 5 rings (SSSR count). The molecule has 216 valence electrons. The van der Waals surface area contributed by atoms with Crippen molar-refractivity contribution in [2.45, 2.75) is 125 Å². The van der Waals surface area contributed by atoms with Gasteiger partial charge in [-0.2, -0.15) is 0 Å². The Morgan fingerprint density at radius 1 is 0.947 bits per heavy atom. The maximum Gasteiger partial charge on any atom is 0.303 e. The highest BCUT2D eigenvalue weighted by atomic mass is 16.6. The van der Waals surface area contributed by atoms with Gasteiger partial charge in [-0.3, -0.25) is 4.79 Å². The number of fused-ring (bicyclic) bond motifs is 7. The van der Waals surface area contributed by atoms with Crippen LogP contribution in [0, 0.1) is 50.2 Å². The molecule has 5 aliphatic rings. The summed E-state index contributed by atoms with van der Waals surface area (Å²) in [6, 6.07) is 0. The summed E-state index contributed by atoms with van der Waals surface area (Å²) in [5, 5.41) is 45.9. The van der Waals surface area contributed by atoms with Gasteiger partial charge < -0.3 is 25.2 Å². The Balaban J connectivity index is 1.70. The van der Waals surface area contributed by atoms with Crippen LogP contribution in [0.2, 0.25) is 0 Å². The molecule has 38 heavy (non-hydrogen) atoms. The molecule has 0 unspecified atom stereocenters. The van der Waals surface area contributed by atoms with Gasteiger partial charge in [0.1, 0.15) is 12.2 Å². The maximum atomic E-state index is 12.5. The Morgan fingerprint density at radius 2 is 1.61 bits per heavy atom. The minimum Gasteiger partial charge on any atom is -0.459 e. The number of rotatable bonds is 2. The quantitative estimate of drug-likeness (QED) is 0.305. The highest BCUT2D eigenvalue weighted by Crippen LogP contribution is 2.75. The number of allylic oxidation sites excluding steroid dienone is 1. The van der Waals surface area contributed by atoms with E-state index < -0.39 is 35.1 Å². The van der Waals surface area contributed by atoms with Crippen LogP contribution in [0.3, 0.4) is 0 Å². The van der Waals surface area contributed by atoms with E-state index in [9.17, 15) is 25.2 Å². The van der Waals surface area contributed by atoms with E-state index in [2.05, 4.69) is 54.5 Å². The first kappa shape index (κ1) is 28.6. The van der Waals surface area contributed by atoms with E-state index in [1.165, 1.54) is 6.92 Å². The molecule has 5 aliphatic carbocycles. The summed E-state index contributed by atoms with van der Waals surface area (Å²) in [6.07, 6.45) is 4.87. The monoisotopic (exact) mass is 532 g/mol. The molecule has 4 N–H and O–H groups in total. The van der Waals surface area contributed by atoms with Crippen molar-refractivity contribution in [2.24, 2.45) is 50.2 Å². The molecular weight excluding hydrogens is 480 g/mol. The summed E-state index contributed by atoms with van der Waals surface area (Å²) in [5.74, 6) is -0.0146. The van der Waals surface area contributed by atoms with Crippen LogP contribution in [-0.4, -0.2) is 57.4 Å². The van der Waals surface area contributed by atoms with Crippen molar-refractivity contribution in [1.82, 2.24) is 0 Å². The summed E-state index contributed by atoms with van der Waals surface area (Å²) in [7, 11) is 0. The van der Waals surface area contributed by atoms with Gasteiger partial charge in [0.05, 0.1) is 24.2 Å². The topological polar surface area (TPSA) is 107 Å². The van der Waals surface area contributed by atoms with Gasteiger partial charge in [0, 0.05) is 12.3 Å². The summed E-state index contributed by atoms with van der Waals surface area (Å²) in [6.45, 7) is 16.7. The van der Waals surface area contributed by atoms with Gasteiger partial charge in [0.15, 0.2) is 0 Å². The smallest absolute Gasteiger partial charge is 0.303 e. The Bertz CT molecular complexity index is 1020. The number of hydrogen-bond donors (Lipinski definition) is 4. The molecule has 0 aromatic heterocycles. The highest BCUT2D eigenvalue weighted by molar-refractivity contribution is 5.66. The lowest BCUT2D eigenvalue weighted by atomic mass is 9.32. The molecule has 6 nitrogen and oxygen atoms in total. The largest absolute Gasteiger partial charge is 0.459 e. The fourth-order valence-corrected chi connectivity index (χ4v) is 11.3. The number of ether oxygens (including phenoxy) is 1. The number of esters is 1. The molecule has 0 spiro atoms. The van der Waals surface area contributed by atoms with E-state index in [4.69, 9.17) is 4.74 Å². The first-order valence-electron chi connectivity index (χ1n) is 15.0. The van der Waals surface area contributed by atoms with Gasteiger partial charge in [0.25, 0.3) is 0 Å². The Labute approximate surface area is 229 Å². The fraction of sp³-hybridized carbons (Fsp3) is 0.906. The minimum atomic E-state index is -1.13. The lowest BCUT2D eigenvalue weighted by Crippen LogP contribution is -2.74. The third kappa shape index (κ3) is 3.36. The molecule has 0 saturated heterocycles. The molecule has 0 heterocycles. The number of carbonyl (C=O) groups excluding carboxylic acids is 1. The second-order valence-corrected chi connectivity index (χ2v) is 15.9. The molecule has 4 fully saturated rings. The Morgan fingerprint density at radius 3 is 2.21 bits per heavy atom. The fourth-order valence-electron chi connectivity index (χ4n) is 11.3. The van der Waals surface area contributed by atoms with Gasteiger partial charge >= 0.3 is 5.97 Å². The van der Waals surface area contributed by atoms with Gasteiger partial charge in [-0.05, 0) is 84.4 Å². The summed E-state index contributed by atoms with van der Waals surface area (Å²) < 4.78 is 5.95. The van der Waals surface area contributed by atoms with E-state index >= 15 is 0 Å². The van der Waals surface area contributed by atoms with Crippen molar-refractivity contribution in [2.75, 3.05) is 6.61 Å².